The van der Waals surface area contributed by atoms with E-state index in [4.69, 9.17) is 4.74 Å². The summed E-state index contributed by atoms with van der Waals surface area (Å²) in [4.78, 5) is 13.8. The Balaban J connectivity index is 2.22. The van der Waals surface area contributed by atoms with Crippen molar-refractivity contribution in [2.75, 3.05) is 19.3 Å². The molecule has 0 saturated carbocycles. The van der Waals surface area contributed by atoms with E-state index < -0.39 is 20.7 Å². The van der Waals surface area contributed by atoms with Crippen LogP contribution in [0.3, 0.4) is 0 Å². The van der Waals surface area contributed by atoms with Crippen LogP contribution in [0.4, 0.5) is 4.79 Å². The predicted octanol–water partition coefficient (Wildman–Crippen LogP) is 3.79. The summed E-state index contributed by atoms with van der Waals surface area (Å²) in [6.07, 6.45) is 1.51. The van der Waals surface area contributed by atoms with E-state index in [0.717, 1.165) is 10.0 Å². The van der Waals surface area contributed by atoms with Crippen molar-refractivity contribution in [3.05, 3.63) is 34.3 Å². The van der Waals surface area contributed by atoms with Crippen molar-refractivity contribution in [2.45, 2.75) is 38.0 Å². The van der Waals surface area contributed by atoms with Gasteiger partial charge in [0.1, 0.15) is 5.60 Å². The third-order valence-corrected chi connectivity index (χ3v) is 6.26. The molecule has 1 aliphatic heterocycles. The maximum absolute atomic E-state index is 12.4. The zero-order chi connectivity index (χ0) is 18.1. The Hall–Kier alpha value is -1.08. The van der Waals surface area contributed by atoms with Crippen molar-refractivity contribution >= 4 is 31.9 Å². The van der Waals surface area contributed by atoms with Gasteiger partial charge in [0.05, 0.1) is 5.25 Å². The lowest BCUT2D eigenvalue weighted by molar-refractivity contribution is 0.0287. The van der Waals surface area contributed by atoms with Crippen LogP contribution in [0.15, 0.2) is 28.7 Å². The molecule has 0 radical (unpaired) electrons. The fourth-order valence-electron chi connectivity index (χ4n) is 3.07. The molecule has 2 rings (SSSR count). The van der Waals surface area contributed by atoms with Gasteiger partial charge in [0, 0.05) is 23.8 Å². The molecule has 5 nitrogen and oxygen atoms in total. The van der Waals surface area contributed by atoms with Crippen LogP contribution in [-0.4, -0.2) is 44.4 Å². The molecule has 2 unspecified atom stereocenters. The minimum atomic E-state index is -3.32. The summed E-state index contributed by atoms with van der Waals surface area (Å²) in [6.45, 7) is 6.35. The number of benzene rings is 1. The number of halogens is 1. The minimum absolute atomic E-state index is 0.147. The first-order valence-corrected chi connectivity index (χ1v) is 10.6. The van der Waals surface area contributed by atoms with Crippen LogP contribution >= 0.6 is 15.9 Å². The maximum Gasteiger partial charge on any atom is 0.410 e. The fourth-order valence-corrected chi connectivity index (χ4v) is 5.34. The summed E-state index contributed by atoms with van der Waals surface area (Å²) < 4.78 is 31.0. The molecular formula is C17H24BrNO4S. The summed E-state index contributed by atoms with van der Waals surface area (Å²) in [5.41, 5.74) is 0.185. The molecule has 0 N–H and O–H groups in total. The van der Waals surface area contributed by atoms with Crippen molar-refractivity contribution < 1.29 is 17.9 Å². The topological polar surface area (TPSA) is 63.7 Å². The largest absolute Gasteiger partial charge is 0.444 e. The number of rotatable bonds is 3. The van der Waals surface area contributed by atoms with Gasteiger partial charge in [0.15, 0.2) is 9.84 Å². The van der Waals surface area contributed by atoms with Gasteiger partial charge >= 0.3 is 6.09 Å². The molecule has 1 fully saturated rings. The van der Waals surface area contributed by atoms with Crippen molar-refractivity contribution in [1.82, 2.24) is 4.90 Å². The first kappa shape index (κ1) is 19.2. The van der Waals surface area contributed by atoms with Gasteiger partial charge in [-0.1, -0.05) is 34.1 Å². The molecule has 1 amide bonds. The summed E-state index contributed by atoms with van der Waals surface area (Å²) in [5.74, 6) is -0.147. The molecule has 1 heterocycles. The first-order valence-electron chi connectivity index (χ1n) is 7.90. The number of amides is 1. The Labute approximate surface area is 152 Å². The van der Waals surface area contributed by atoms with Crippen LogP contribution < -0.4 is 0 Å². The molecule has 24 heavy (non-hydrogen) atoms. The second kappa shape index (κ2) is 7.04. The molecule has 1 saturated heterocycles. The van der Waals surface area contributed by atoms with Gasteiger partial charge in [-0.25, -0.2) is 13.2 Å². The van der Waals surface area contributed by atoms with Crippen LogP contribution in [0.25, 0.3) is 0 Å². The highest BCUT2D eigenvalue weighted by molar-refractivity contribution is 9.10. The number of likely N-dealkylation sites (tertiary alicyclic amines) is 1. The van der Waals surface area contributed by atoms with Gasteiger partial charge in [0.25, 0.3) is 0 Å². The number of nitrogens with zero attached hydrogens (tertiary/aromatic N) is 1. The number of carbonyl (C=O) groups is 1. The molecule has 1 aromatic carbocycles. The standard InChI is InChI=1S/C17H24BrNO4S/c1-17(2,3)23-16(20)19-10-9-12(11-19)15(24(4,21)22)13-7-5-6-8-14(13)18/h5-8,12,15H,9-11H2,1-4H3. The zero-order valence-electron chi connectivity index (χ0n) is 14.5. The molecule has 1 aliphatic rings. The molecule has 134 valence electrons. The van der Waals surface area contributed by atoms with Crippen LogP contribution in [-0.2, 0) is 14.6 Å². The van der Waals surface area contributed by atoms with Gasteiger partial charge in [-0.3, -0.25) is 0 Å². The number of hydrogen-bond donors (Lipinski definition) is 0. The number of ether oxygens (including phenoxy) is 1. The highest BCUT2D eigenvalue weighted by Gasteiger charge is 2.39. The summed E-state index contributed by atoms with van der Waals surface area (Å²) in [7, 11) is -3.32. The molecule has 7 heteroatoms. The summed E-state index contributed by atoms with van der Waals surface area (Å²) in [5, 5.41) is -0.638. The fraction of sp³-hybridized carbons (Fsp3) is 0.588. The molecule has 2 atom stereocenters. The maximum atomic E-state index is 12.4. The summed E-state index contributed by atoms with van der Waals surface area (Å²) in [6, 6.07) is 7.35. The van der Waals surface area contributed by atoms with Crippen LogP contribution in [0.5, 0.6) is 0 Å². The van der Waals surface area contributed by atoms with E-state index in [-0.39, 0.29) is 12.0 Å². The second-order valence-corrected chi connectivity index (χ2v) is 10.3. The second-order valence-electron chi connectivity index (χ2n) is 7.25. The molecule has 0 spiro atoms. The Morgan fingerprint density at radius 2 is 1.96 bits per heavy atom. The van der Waals surface area contributed by atoms with Crippen molar-refractivity contribution in [3.8, 4) is 0 Å². The van der Waals surface area contributed by atoms with E-state index >= 15 is 0 Å². The quantitative estimate of drug-likeness (QED) is 0.749. The third-order valence-electron chi connectivity index (χ3n) is 3.98. The average Bonchev–Trinajstić information content (AvgIpc) is 2.87. The van der Waals surface area contributed by atoms with E-state index in [9.17, 15) is 13.2 Å². The van der Waals surface area contributed by atoms with E-state index in [0.29, 0.717) is 19.5 Å². The monoisotopic (exact) mass is 417 g/mol. The first-order chi connectivity index (χ1) is 11.0. The third kappa shape index (κ3) is 4.72. The van der Waals surface area contributed by atoms with E-state index in [1.807, 2.05) is 45.0 Å². The van der Waals surface area contributed by atoms with E-state index in [1.165, 1.54) is 6.26 Å². The van der Waals surface area contributed by atoms with Crippen LogP contribution in [0.2, 0.25) is 0 Å². The van der Waals surface area contributed by atoms with Crippen LogP contribution in [0, 0.1) is 5.92 Å². The average molecular weight is 418 g/mol. The van der Waals surface area contributed by atoms with Crippen molar-refractivity contribution in [1.29, 1.82) is 0 Å². The highest BCUT2D eigenvalue weighted by Crippen LogP contribution is 2.39. The molecule has 0 bridgehead atoms. The predicted molar refractivity (Wildman–Crippen MR) is 97.6 cm³/mol. The van der Waals surface area contributed by atoms with Gasteiger partial charge < -0.3 is 9.64 Å². The van der Waals surface area contributed by atoms with Crippen molar-refractivity contribution in [2.24, 2.45) is 5.92 Å². The Morgan fingerprint density at radius 3 is 2.50 bits per heavy atom. The normalized spacial score (nSPS) is 20.0. The molecule has 0 aliphatic carbocycles. The number of sulfone groups is 1. The molecular weight excluding hydrogens is 394 g/mol. The van der Waals surface area contributed by atoms with Crippen LogP contribution in [0.1, 0.15) is 38.0 Å². The summed E-state index contributed by atoms with van der Waals surface area (Å²) >= 11 is 3.45. The Bertz CT molecular complexity index is 712. The Kier molecular flexibility index (Phi) is 5.64. The number of carbonyl (C=O) groups excluding carboxylic acids is 1. The van der Waals surface area contributed by atoms with E-state index in [2.05, 4.69) is 15.9 Å². The SMILES string of the molecule is CC(C)(C)OC(=O)N1CCC(C(c2ccccc2Br)S(C)(=O)=O)C1. The van der Waals surface area contributed by atoms with Gasteiger partial charge in [-0.15, -0.1) is 0 Å². The van der Waals surface area contributed by atoms with Gasteiger partial charge in [-0.05, 0) is 44.7 Å². The highest BCUT2D eigenvalue weighted by atomic mass is 79.9. The van der Waals surface area contributed by atoms with Gasteiger partial charge in [0.2, 0.25) is 0 Å². The lowest BCUT2D eigenvalue weighted by Gasteiger charge is -2.26. The zero-order valence-corrected chi connectivity index (χ0v) is 16.9. The Morgan fingerprint density at radius 1 is 1.33 bits per heavy atom. The minimum Gasteiger partial charge on any atom is -0.444 e. The van der Waals surface area contributed by atoms with Crippen molar-refractivity contribution in [3.63, 3.8) is 0 Å². The molecule has 1 aromatic rings. The lowest BCUT2D eigenvalue weighted by Crippen LogP contribution is -2.36. The smallest absolute Gasteiger partial charge is 0.410 e. The lowest BCUT2D eigenvalue weighted by atomic mass is 9.98. The molecule has 0 aromatic heterocycles. The van der Waals surface area contributed by atoms with E-state index in [1.54, 1.807) is 4.90 Å². The number of hydrogen-bond acceptors (Lipinski definition) is 4. The van der Waals surface area contributed by atoms with Gasteiger partial charge in [-0.2, -0.15) is 0 Å².